The maximum Gasteiger partial charge on any atom is 0.0333 e. The third-order valence-corrected chi connectivity index (χ3v) is 5.88. The van der Waals surface area contributed by atoms with Crippen LogP contribution in [0.5, 0.6) is 0 Å². The number of thiophene rings is 1. The van der Waals surface area contributed by atoms with Gasteiger partial charge in [-0.25, -0.2) is 0 Å². The topological polar surface area (TPSA) is 15.3 Å². The maximum absolute atomic E-state index is 3.93. The summed E-state index contributed by atoms with van der Waals surface area (Å²) < 4.78 is 0. The Bertz CT molecular complexity index is 415. The van der Waals surface area contributed by atoms with Crippen LogP contribution in [0.1, 0.15) is 49.1 Å². The first-order valence-electron chi connectivity index (χ1n) is 7.75. The number of nitrogens with one attached hydrogen (secondary N) is 1. The molecule has 1 fully saturated rings. The molecule has 19 heavy (non-hydrogen) atoms. The van der Waals surface area contributed by atoms with Crippen LogP contribution >= 0.6 is 11.3 Å². The summed E-state index contributed by atoms with van der Waals surface area (Å²) in [6, 6.07) is 3.59. The van der Waals surface area contributed by atoms with Crippen LogP contribution in [0.3, 0.4) is 0 Å². The van der Waals surface area contributed by atoms with E-state index in [1.165, 1.54) is 45.2 Å². The summed E-state index contributed by atoms with van der Waals surface area (Å²) in [5.41, 5.74) is 1.59. The molecule has 0 aromatic carbocycles. The van der Waals surface area contributed by atoms with Gasteiger partial charge in [0.15, 0.2) is 0 Å². The van der Waals surface area contributed by atoms with E-state index in [4.69, 9.17) is 0 Å². The average Bonchev–Trinajstić information content (AvgIpc) is 2.88. The van der Waals surface area contributed by atoms with E-state index in [9.17, 15) is 0 Å². The van der Waals surface area contributed by atoms with Crippen molar-refractivity contribution in [3.05, 3.63) is 21.9 Å². The Balaban J connectivity index is 1.62. The smallest absolute Gasteiger partial charge is 0.0333 e. The van der Waals surface area contributed by atoms with E-state index in [2.05, 4.69) is 35.6 Å². The molecule has 0 saturated carbocycles. The molecule has 0 bridgehead atoms. The summed E-state index contributed by atoms with van der Waals surface area (Å²) in [4.78, 5) is 4.11. The number of aryl methyl sites for hydroxylation is 1. The number of piperidine rings is 1. The predicted molar refractivity (Wildman–Crippen MR) is 82.8 cm³/mol. The molecule has 1 aromatic rings. The molecule has 3 atom stereocenters. The van der Waals surface area contributed by atoms with Crippen molar-refractivity contribution in [3.8, 4) is 0 Å². The second-order valence-electron chi connectivity index (χ2n) is 6.36. The van der Waals surface area contributed by atoms with Crippen LogP contribution in [0.4, 0.5) is 0 Å². The first-order chi connectivity index (χ1) is 9.24. The van der Waals surface area contributed by atoms with Crippen molar-refractivity contribution >= 4 is 11.3 Å². The molecule has 2 heterocycles. The van der Waals surface area contributed by atoms with Gasteiger partial charge in [0.25, 0.3) is 0 Å². The minimum absolute atomic E-state index is 0.609. The summed E-state index contributed by atoms with van der Waals surface area (Å²) >= 11 is 1.94. The van der Waals surface area contributed by atoms with Gasteiger partial charge in [0.05, 0.1) is 0 Å². The van der Waals surface area contributed by atoms with Crippen LogP contribution in [0.15, 0.2) is 11.4 Å². The van der Waals surface area contributed by atoms with Crippen molar-refractivity contribution in [2.45, 2.75) is 51.1 Å². The minimum Gasteiger partial charge on any atom is -0.307 e. The number of fused-ring (bicyclic) bond motifs is 1. The molecular weight excluding hydrogens is 252 g/mol. The molecule has 0 amide bonds. The highest BCUT2D eigenvalue weighted by molar-refractivity contribution is 7.10. The van der Waals surface area contributed by atoms with Crippen molar-refractivity contribution < 1.29 is 0 Å². The molecule has 3 heteroatoms. The number of rotatable bonds is 3. The third-order valence-electron chi connectivity index (χ3n) is 4.88. The largest absolute Gasteiger partial charge is 0.307 e. The van der Waals surface area contributed by atoms with Crippen molar-refractivity contribution in [3.63, 3.8) is 0 Å². The van der Waals surface area contributed by atoms with E-state index in [0.717, 1.165) is 5.92 Å². The van der Waals surface area contributed by atoms with Gasteiger partial charge in [-0.1, -0.05) is 0 Å². The highest BCUT2D eigenvalue weighted by Crippen LogP contribution is 2.34. The van der Waals surface area contributed by atoms with E-state index in [0.29, 0.717) is 12.1 Å². The Morgan fingerprint density at radius 2 is 2.26 bits per heavy atom. The van der Waals surface area contributed by atoms with Crippen LogP contribution in [0.25, 0.3) is 0 Å². The molecule has 3 rings (SSSR count). The lowest BCUT2D eigenvalue weighted by molar-refractivity contribution is 0.171. The molecule has 2 aliphatic rings. The molecule has 3 unspecified atom stereocenters. The van der Waals surface area contributed by atoms with E-state index in [-0.39, 0.29) is 0 Å². The average molecular weight is 278 g/mol. The quantitative estimate of drug-likeness (QED) is 0.911. The van der Waals surface area contributed by atoms with Crippen LogP contribution in [-0.4, -0.2) is 31.1 Å². The van der Waals surface area contributed by atoms with E-state index in [1.54, 1.807) is 10.4 Å². The van der Waals surface area contributed by atoms with Crippen molar-refractivity contribution in [1.29, 1.82) is 0 Å². The SMILES string of the molecule is CC(NC1CCCc2sccc21)C1CCCN(C)C1. The Morgan fingerprint density at radius 1 is 1.37 bits per heavy atom. The van der Waals surface area contributed by atoms with E-state index in [1.807, 2.05) is 11.3 Å². The standard InChI is InChI=1S/C16H26N2S/c1-12(13-5-4-9-18(2)11-13)17-15-6-3-7-16-14(15)8-10-19-16/h8,10,12-13,15,17H,3-7,9,11H2,1-2H3. The molecule has 1 saturated heterocycles. The first kappa shape index (κ1) is 13.6. The highest BCUT2D eigenvalue weighted by Gasteiger charge is 2.27. The number of nitrogens with zero attached hydrogens (tertiary/aromatic N) is 1. The first-order valence-corrected chi connectivity index (χ1v) is 8.63. The van der Waals surface area contributed by atoms with Gasteiger partial charge < -0.3 is 10.2 Å². The van der Waals surface area contributed by atoms with Gasteiger partial charge in [0.1, 0.15) is 0 Å². The van der Waals surface area contributed by atoms with Crippen LogP contribution in [0, 0.1) is 5.92 Å². The zero-order valence-corrected chi connectivity index (χ0v) is 13.0. The molecule has 1 N–H and O–H groups in total. The van der Waals surface area contributed by atoms with E-state index < -0.39 is 0 Å². The normalized spacial score (nSPS) is 30.0. The fourth-order valence-electron chi connectivity index (χ4n) is 3.73. The Kier molecular flexibility index (Phi) is 4.25. The van der Waals surface area contributed by atoms with Crippen molar-refractivity contribution in [2.75, 3.05) is 20.1 Å². The van der Waals surface area contributed by atoms with Gasteiger partial charge >= 0.3 is 0 Å². The molecule has 1 aromatic heterocycles. The zero-order valence-electron chi connectivity index (χ0n) is 12.2. The Hall–Kier alpha value is -0.380. The zero-order chi connectivity index (χ0) is 13.2. The molecule has 0 radical (unpaired) electrons. The Morgan fingerprint density at radius 3 is 3.11 bits per heavy atom. The lowest BCUT2D eigenvalue weighted by Crippen LogP contribution is -2.44. The molecule has 2 nitrogen and oxygen atoms in total. The van der Waals surface area contributed by atoms with Gasteiger partial charge in [-0.15, -0.1) is 11.3 Å². The lowest BCUT2D eigenvalue weighted by atomic mass is 9.88. The molecular formula is C16H26N2S. The number of hydrogen-bond acceptors (Lipinski definition) is 3. The Labute approximate surface area is 121 Å². The van der Waals surface area contributed by atoms with Crippen LogP contribution < -0.4 is 5.32 Å². The molecule has 0 spiro atoms. The third kappa shape index (κ3) is 3.04. The van der Waals surface area contributed by atoms with Gasteiger partial charge in [-0.2, -0.15) is 0 Å². The number of likely N-dealkylation sites (tertiary alicyclic amines) is 1. The second kappa shape index (κ2) is 5.94. The van der Waals surface area contributed by atoms with Gasteiger partial charge in [-0.05, 0) is 75.5 Å². The van der Waals surface area contributed by atoms with Crippen LogP contribution in [0.2, 0.25) is 0 Å². The molecule has 1 aliphatic heterocycles. The fraction of sp³-hybridized carbons (Fsp3) is 0.750. The lowest BCUT2D eigenvalue weighted by Gasteiger charge is -2.36. The predicted octanol–water partition coefficient (Wildman–Crippen LogP) is 3.45. The monoisotopic (exact) mass is 278 g/mol. The summed E-state index contributed by atoms with van der Waals surface area (Å²) in [6.07, 6.45) is 6.72. The van der Waals surface area contributed by atoms with E-state index >= 15 is 0 Å². The van der Waals surface area contributed by atoms with Gasteiger partial charge in [0.2, 0.25) is 0 Å². The highest BCUT2D eigenvalue weighted by atomic mass is 32.1. The summed E-state index contributed by atoms with van der Waals surface area (Å²) in [5.74, 6) is 0.822. The fourth-order valence-corrected chi connectivity index (χ4v) is 4.71. The summed E-state index contributed by atoms with van der Waals surface area (Å²) in [7, 11) is 2.26. The van der Waals surface area contributed by atoms with Crippen molar-refractivity contribution in [1.82, 2.24) is 10.2 Å². The van der Waals surface area contributed by atoms with Crippen molar-refractivity contribution in [2.24, 2.45) is 5.92 Å². The molecule has 1 aliphatic carbocycles. The molecule has 106 valence electrons. The summed E-state index contributed by atoms with van der Waals surface area (Å²) in [6.45, 7) is 4.93. The van der Waals surface area contributed by atoms with Crippen LogP contribution in [-0.2, 0) is 6.42 Å². The number of hydrogen-bond donors (Lipinski definition) is 1. The maximum atomic E-state index is 3.93. The van der Waals surface area contributed by atoms with Gasteiger partial charge in [-0.3, -0.25) is 0 Å². The summed E-state index contributed by atoms with van der Waals surface area (Å²) in [5, 5.41) is 6.20. The minimum atomic E-state index is 0.609. The second-order valence-corrected chi connectivity index (χ2v) is 7.36. The van der Waals surface area contributed by atoms with Gasteiger partial charge in [0, 0.05) is 23.5 Å².